The number of nitrogens with zero attached hydrogens (tertiary/aromatic N) is 4. The minimum Gasteiger partial charge on any atom is -0.464 e. The molecule has 1 aliphatic carbocycles. The van der Waals surface area contributed by atoms with Gasteiger partial charge in [0.15, 0.2) is 0 Å². The Hall–Kier alpha value is -4.17. The number of aryl methyl sites for hydroxylation is 1. The van der Waals surface area contributed by atoms with Crippen LogP contribution in [0.1, 0.15) is 95.5 Å². The summed E-state index contributed by atoms with van der Waals surface area (Å²) in [4.78, 5) is 51.4. The van der Waals surface area contributed by atoms with Crippen molar-refractivity contribution in [2.45, 2.75) is 116 Å². The van der Waals surface area contributed by atoms with Gasteiger partial charge in [-0.1, -0.05) is 19.9 Å². The van der Waals surface area contributed by atoms with Gasteiger partial charge in [-0.3, -0.25) is 24.4 Å². The van der Waals surface area contributed by atoms with Gasteiger partial charge in [-0.25, -0.2) is 10.4 Å². The molecule has 13 heteroatoms. The first-order valence-electron chi connectivity index (χ1n) is 19.6. The van der Waals surface area contributed by atoms with E-state index in [0.29, 0.717) is 51.5 Å². The molecule has 2 amide bonds. The number of hydrogen-bond acceptors (Lipinski definition) is 10. The Bertz CT molecular complexity index is 2060. The van der Waals surface area contributed by atoms with Crippen LogP contribution in [0.3, 0.4) is 0 Å². The fraction of sp³-hybridized carbons (Fsp3) is 0.548. The van der Waals surface area contributed by atoms with Crippen LogP contribution in [-0.2, 0) is 43.2 Å². The number of aliphatic hydroxyl groups is 1. The smallest absolute Gasteiger partial charge is 0.324 e. The molecule has 5 heterocycles. The van der Waals surface area contributed by atoms with Crippen molar-refractivity contribution in [1.29, 1.82) is 0 Å². The van der Waals surface area contributed by atoms with Gasteiger partial charge in [0.2, 0.25) is 5.91 Å². The summed E-state index contributed by atoms with van der Waals surface area (Å²) < 4.78 is 14.2. The maximum atomic E-state index is 14.2. The van der Waals surface area contributed by atoms with Crippen molar-refractivity contribution in [2.24, 2.45) is 11.3 Å². The quantitative estimate of drug-likeness (QED) is 0.197. The number of fused-ring (bicyclic) bond motifs is 6. The lowest BCUT2D eigenvalue weighted by atomic mass is 9.79. The number of cyclic esters (lactones) is 1. The van der Waals surface area contributed by atoms with Gasteiger partial charge >= 0.3 is 5.97 Å². The number of methoxy groups -OCH3 is 1. The molecule has 55 heavy (non-hydrogen) atoms. The zero-order valence-electron chi connectivity index (χ0n) is 32.8. The molecule has 3 atom stereocenters. The number of carbonyl (C=O) groups is 3. The summed E-state index contributed by atoms with van der Waals surface area (Å²) in [5.74, 6) is -1.22. The van der Waals surface area contributed by atoms with Gasteiger partial charge in [-0.05, 0) is 95.5 Å². The largest absolute Gasteiger partial charge is 0.464 e. The molecule has 3 N–H and O–H groups in total. The fourth-order valence-corrected chi connectivity index (χ4v) is 9.21. The average molecular weight is 771 g/mol. The number of hydrazine groups is 1. The number of esters is 1. The number of amides is 2. The topological polar surface area (TPSA) is 148 Å². The Morgan fingerprint density at radius 2 is 1.96 bits per heavy atom. The summed E-state index contributed by atoms with van der Waals surface area (Å²) in [7, 11) is 1.69. The first kappa shape index (κ1) is 39.1. The van der Waals surface area contributed by atoms with Crippen LogP contribution in [0, 0.1) is 11.3 Å². The highest BCUT2D eigenvalue weighted by atomic mass is 32.1. The molecule has 0 spiro atoms. The molecule has 2 aliphatic heterocycles. The van der Waals surface area contributed by atoms with E-state index < -0.39 is 29.1 Å². The fourth-order valence-electron chi connectivity index (χ4n) is 8.36. The number of hydrogen-bond donors (Lipinski definition) is 3. The van der Waals surface area contributed by atoms with E-state index in [4.69, 9.17) is 19.4 Å². The maximum absolute atomic E-state index is 14.2. The minimum atomic E-state index is -0.896. The summed E-state index contributed by atoms with van der Waals surface area (Å²) in [6.45, 7) is 11.5. The summed E-state index contributed by atoms with van der Waals surface area (Å²) in [5, 5.41) is 18.8. The van der Waals surface area contributed by atoms with E-state index in [0.717, 1.165) is 56.2 Å². The number of nitrogens with one attached hydrogen (secondary N) is 2. The Labute approximate surface area is 327 Å². The van der Waals surface area contributed by atoms with E-state index in [2.05, 4.69) is 60.3 Å². The highest BCUT2D eigenvalue weighted by Gasteiger charge is 2.38. The van der Waals surface area contributed by atoms with Crippen molar-refractivity contribution in [1.82, 2.24) is 30.3 Å². The normalized spacial score (nSPS) is 25.3. The lowest BCUT2D eigenvalue weighted by Crippen LogP contribution is -2.61. The Kier molecular flexibility index (Phi) is 11.2. The first-order valence-corrected chi connectivity index (χ1v) is 20.5. The standard InChI is InChI=1S/C42H54N6O6S/c1-7-47-34-13-12-27-20-29(34)30(37(47)28-10-8-18-43-36(28)25(2)53-6)22-41(3,4)24-54-40(51)31-11-9-19-48(46-31)39(50)32(21-35-44-33(27)23-55-35)45-38(49)26-14-16-42(5,52)17-15-26/h8,10,12-13,18,20,23,25-26,31-32,46,52H,7,9,11,14-17,19,21-22,24H2,1-6H3,(H,45,49)/t25-,26-,31-,32-,42-/m0/s1. The van der Waals surface area contributed by atoms with E-state index >= 15 is 0 Å². The number of rotatable bonds is 6. The summed E-state index contributed by atoms with van der Waals surface area (Å²) in [5.41, 5.74) is 8.78. The third kappa shape index (κ3) is 8.21. The second-order valence-corrected chi connectivity index (χ2v) is 17.5. The molecule has 2 fully saturated rings. The van der Waals surface area contributed by atoms with Gasteiger partial charge in [0.05, 0.1) is 40.4 Å². The van der Waals surface area contributed by atoms with Crippen molar-refractivity contribution in [2.75, 3.05) is 20.3 Å². The molecule has 0 unspecified atom stereocenters. The molecule has 6 bridgehead atoms. The van der Waals surface area contributed by atoms with Gasteiger partial charge in [0.25, 0.3) is 5.91 Å². The van der Waals surface area contributed by atoms with E-state index in [1.165, 1.54) is 16.3 Å². The van der Waals surface area contributed by atoms with Crippen molar-refractivity contribution in [3.8, 4) is 22.5 Å². The molecule has 3 aromatic heterocycles. The Morgan fingerprint density at radius 3 is 2.71 bits per heavy atom. The van der Waals surface area contributed by atoms with E-state index in [1.54, 1.807) is 20.2 Å². The Balaban J connectivity index is 1.32. The summed E-state index contributed by atoms with van der Waals surface area (Å²) in [6.07, 6.45) is 5.67. The molecule has 1 saturated heterocycles. The first-order chi connectivity index (χ1) is 26.3. The van der Waals surface area contributed by atoms with Crippen LogP contribution in [0.15, 0.2) is 41.9 Å². The van der Waals surface area contributed by atoms with E-state index in [1.807, 2.05) is 18.4 Å². The lowest BCUT2D eigenvalue weighted by molar-refractivity contribution is -0.155. The molecule has 0 radical (unpaired) electrons. The average Bonchev–Trinajstić information content (AvgIpc) is 3.77. The Morgan fingerprint density at radius 1 is 1.18 bits per heavy atom. The zero-order chi connectivity index (χ0) is 39.1. The number of thiazole rings is 1. The molecule has 4 aromatic rings. The third-order valence-corrected chi connectivity index (χ3v) is 12.5. The number of carbonyl (C=O) groups excluding carboxylic acids is 3. The van der Waals surface area contributed by atoms with Gasteiger partial charge in [0, 0.05) is 71.6 Å². The maximum Gasteiger partial charge on any atom is 0.324 e. The van der Waals surface area contributed by atoms with Crippen LogP contribution < -0.4 is 10.7 Å². The number of aromatic nitrogens is 3. The predicted octanol–water partition coefficient (Wildman–Crippen LogP) is 6.14. The number of benzene rings is 1. The molecular weight excluding hydrogens is 717 g/mol. The van der Waals surface area contributed by atoms with Crippen molar-refractivity contribution < 1.29 is 29.0 Å². The predicted molar refractivity (Wildman–Crippen MR) is 212 cm³/mol. The van der Waals surface area contributed by atoms with Crippen molar-refractivity contribution in [3.05, 3.63) is 58.2 Å². The third-order valence-electron chi connectivity index (χ3n) is 11.6. The highest BCUT2D eigenvalue weighted by Crippen LogP contribution is 2.42. The minimum absolute atomic E-state index is 0.173. The van der Waals surface area contributed by atoms with E-state index in [-0.39, 0.29) is 36.9 Å². The van der Waals surface area contributed by atoms with Crippen LogP contribution in [0.2, 0.25) is 0 Å². The molecule has 7 rings (SSSR count). The lowest BCUT2D eigenvalue weighted by Gasteiger charge is -2.36. The van der Waals surface area contributed by atoms with Crippen molar-refractivity contribution in [3.63, 3.8) is 0 Å². The van der Waals surface area contributed by atoms with Gasteiger partial charge in [0.1, 0.15) is 12.1 Å². The van der Waals surface area contributed by atoms with Gasteiger partial charge in [-0.15, -0.1) is 11.3 Å². The SMILES string of the molecule is CCn1c(-c2cccnc2[C@H](C)OC)c2c3cc(ccc31)-c1csc(n1)C[C@H](NC(=O)[C@H]1CC[C@](C)(O)CC1)C(=O)N1CCC[C@H](N1)C(=O)OCC(C)(C)C2. The van der Waals surface area contributed by atoms with Crippen LogP contribution >= 0.6 is 11.3 Å². The van der Waals surface area contributed by atoms with Crippen LogP contribution in [0.4, 0.5) is 0 Å². The van der Waals surface area contributed by atoms with E-state index in [9.17, 15) is 19.5 Å². The molecule has 3 aliphatic rings. The second-order valence-electron chi connectivity index (χ2n) is 16.5. The van der Waals surface area contributed by atoms with Gasteiger partial charge < -0.3 is 24.5 Å². The van der Waals surface area contributed by atoms with Crippen LogP contribution in [0.5, 0.6) is 0 Å². The summed E-state index contributed by atoms with van der Waals surface area (Å²) in [6, 6.07) is 8.90. The number of pyridine rings is 1. The monoisotopic (exact) mass is 770 g/mol. The number of ether oxygens (including phenoxy) is 2. The molecule has 1 saturated carbocycles. The van der Waals surface area contributed by atoms with Crippen molar-refractivity contribution >= 4 is 40.0 Å². The summed E-state index contributed by atoms with van der Waals surface area (Å²) >= 11 is 1.46. The van der Waals surface area contributed by atoms with Gasteiger partial charge in [-0.2, -0.15) is 0 Å². The molecular formula is C42H54N6O6S. The molecule has 294 valence electrons. The zero-order valence-corrected chi connectivity index (χ0v) is 33.6. The molecule has 12 nitrogen and oxygen atoms in total. The highest BCUT2D eigenvalue weighted by molar-refractivity contribution is 7.10. The van der Waals surface area contributed by atoms with Crippen LogP contribution in [-0.4, -0.2) is 80.4 Å². The van der Waals surface area contributed by atoms with Crippen LogP contribution in [0.25, 0.3) is 33.4 Å². The second kappa shape index (κ2) is 15.8. The molecule has 1 aromatic carbocycles.